The van der Waals surface area contributed by atoms with E-state index in [0.717, 1.165) is 6.07 Å². The second-order valence-electron chi connectivity index (χ2n) is 7.58. The molecule has 0 unspecified atom stereocenters. The fraction of sp³-hybridized carbons (Fsp3) is 0.429. The highest BCUT2D eigenvalue weighted by atomic mass is 35.5. The molecule has 2 aromatic rings. The Hall–Kier alpha value is -2.98. The van der Waals surface area contributed by atoms with Gasteiger partial charge in [0, 0.05) is 25.6 Å². The minimum Gasteiger partial charge on any atom is -0.383 e. The topological polar surface area (TPSA) is 128 Å². The summed E-state index contributed by atoms with van der Waals surface area (Å²) in [4.78, 5) is 41.2. The van der Waals surface area contributed by atoms with Gasteiger partial charge < -0.3 is 25.7 Å². The van der Waals surface area contributed by atoms with Gasteiger partial charge in [0.1, 0.15) is 11.5 Å². The van der Waals surface area contributed by atoms with Crippen molar-refractivity contribution in [1.82, 2.24) is 14.9 Å². The van der Waals surface area contributed by atoms with Crippen molar-refractivity contribution in [3.05, 3.63) is 46.8 Å². The molecule has 0 radical (unpaired) electrons. The molecule has 9 nitrogen and oxygen atoms in total. The van der Waals surface area contributed by atoms with Crippen LogP contribution in [0.25, 0.3) is 0 Å². The number of methoxy groups -OCH3 is 1. The number of aromatic nitrogens is 2. The van der Waals surface area contributed by atoms with Crippen LogP contribution >= 0.6 is 11.6 Å². The zero-order valence-corrected chi connectivity index (χ0v) is 18.3. The summed E-state index contributed by atoms with van der Waals surface area (Å²) in [6.07, 6.45) is 3.74. The van der Waals surface area contributed by atoms with E-state index in [-0.39, 0.29) is 40.8 Å². The number of imidazole rings is 1. The van der Waals surface area contributed by atoms with Crippen molar-refractivity contribution in [2.75, 3.05) is 25.6 Å². The van der Waals surface area contributed by atoms with Crippen molar-refractivity contribution < 1.29 is 23.5 Å². The molecule has 0 spiro atoms. The average molecular weight is 466 g/mol. The maximum atomic E-state index is 13.2. The second kappa shape index (κ2) is 10.6. The van der Waals surface area contributed by atoms with E-state index >= 15 is 0 Å². The van der Waals surface area contributed by atoms with Crippen LogP contribution in [0.2, 0.25) is 5.02 Å². The summed E-state index contributed by atoms with van der Waals surface area (Å²) >= 11 is 5.98. The third-order valence-corrected chi connectivity index (χ3v) is 5.80. The molecule has 3 amide bonds. The van der Waals surface area contributed by atoms with Crippen LogP contribution in [0.4, 0.5) is 10.1 Å². The number of amides is 3. The number of nitrogens with zero attached hydrogens (tertiary/aromatic N) is 2. The van der Waals surface area contributed by atoms with Crippen molar-refractivity contribution in [3.8, 4) is 0 Å². The van der Waals surface area contributed by atoms with Crippen LogP contribution in [-0.2, 0) is 9.53 Å². The van der Waals surface area contributed by atoms with Gasteiger partial charge in [-0.2, -0.15) is 0 Å². The number of benzene rings is 1. The molecular weight excluding hydrogens is 441 g/mol. The highest BCUT2D eigenvalue weighted by Crippen LogP contribution is 2.34. The largest absolute Gasteiger partial charge is 0.383 e. The van der Waals surface area contributed by atoms with Crippen molar-refractivity contribution >= 4 is 35.0 Å². The highest BCUT2D eigenvalue weighted by Gasteiger charge is 2.31. The summed E-state index contributed by atoms with van der Waals surface area (Å²) in [6, 6.07) is 3.67. The Bertz CT molecular complexity index is 1000. The average Bonchev–Trinajstić information content (AvgIpc) is 3.21. The normalized spacial score (nSPS) is 18.2. The van der Waals surface area contributed by atoms with Gasteiger partial charge in [-0.15, -0.1) is 0 Å². The maximum Gasteiger partial charge on any atom is 0.272 e. The molecule has 172 valence electrons. The number of ether oxygens (including phenoxy) is 1. The molecule has 1 aliphatic carbocycles. The molecule has 1 aromatic carbocycles. The van der Waals surface area contributed by atoms with E-state index in [2.05, 4.69) is 15.6 Å². The molecule has 0 atom stereocenters. The van der Waals surface area contributed by atoms with Crippen molar-refractivity contribution in [3.63, 3.8) is 0 Å². The van der Waals surface area contributed by atoms with Crippen LogP contribution < -0.4 is 16.4 Å². The smallest absolute Gasteiger partial charge is 0.272 e. The van der Waals surface area contributed by atoms with Gasteiger partial charge in [-0.25, -0.2) is 9.37 Å². The van der Waals surface area contributed by atoms with Crippen LogP contribution in [0, 0.1) is 11.7 Å². The van der Waals surface area contributed by atoms with Gasteiger partial charge in [0.2, 0.25) is 5.91 Å². The summed E-state index contributed by atoms with van der Waals surface area (Å²) in [5.74, 6) is -2.18. The van der Waals surface area contributed by atoms with Crippen molar-refractivity contribution in [2.45, 2.75) is 31.7 Å². The molecule has 32 heavy (non-hydrogen) atoms. The van der Waals surface area contributed by atoms with Gasteiger partial charge in [0.25, 0.3) is 11.8 Å². The zero-order valence-electron chi connectivity index (χ0n) is 17.6. The number of carbonyl (C=O) groups excluding carboxylic acids is 3. The van der Waals surface area contributed by atoms with E-state index < -0.39 is 17.6 Å². The predicted octanol–water partition coefficient (Wildman–Crippen LogP) is 2.52. The molecule has 1 aromatic heterocycles. The lowest BCUT2D eigenvalue weighted by atomic mass is 9.85. The molecule has 1 heterocycles. The summed E-state index contributed by atoms with van der Waals surface area (Å²) in [5.41, 5.74) is 5.91. The van der Waals surface area contributed by atoms with Gasteiger partial charge in [-0.05, 0) is 43.9 Å². The summed E-state index contributed by atoms with van der Waals surface area (Å²) in [7, 11) is 1.51. The molecule has 1 aliphatic rings. The van der Waals surface area contributed by atoms with Crippen LogP contribution in [0.15, 0.2) is 24.5 Å². The number of nitrogens with two attached hydrogens (primary N) is 1. The predicted molar refractivity (Wildman–Crippen MR) is 116 cm³/mol. The third kappa shape index (κ3) is 5.43. The van der Waals surface area contributed by atoms with Gasteiger partial charge >= 0.3 is 0 Å². The van der Waals surface area contributed by atoms with Gasteiger partial charge in [0.05, 0.1) is 23.6 Å². The fourth-order valence-electron chi connectivity index (χ4n) is 3.84. The van der Waals surface area contributed by atoms with Gasteiger partial charge in [-0.3, -0.25) is 14.4 Å². The number of hydrogen-bond acceptors (Lipinski definition) is 5. The Balaban J connectivity index is 1.65. The minimum atomic E-state index is -0.745. The maximum absolute atomic E-state index is 13.2. The molecule has 1 fully saturated rings. The first kappa shape index (κ1) is 23.7. The van der Waals surface area contributed by atoms with E-state index in [1.54, 1.807) is 4.57 Å². The number of nitrogens with one attached hydrogen (secondary N) is 2. The SMILES string of the molecule is COCCNC(=O)c1ncn([C@H]2CC[C@H](C(=O)Nc3ccc(F)cc3Cl)CC2)c1C(N)=O. The third-order valence-electron chi connectivity index (χ3n) is 5.48. The van der Waals surface area contributed by atoms with E-state index in [0.29, 0.717) is 38.0 Å². The molecule has 0 bridgehead atoms. The lowest BCUT2D eigenvalue weighted by molar-refractivity contribution is -0.121. The lowest BCUT2D eigenvalue weighted by Gasteiger charge is -2.29. The Morgan fingerprint density at radius 1 is 1.28 bits per heavy atom. The minimum absolute atomic E-state index is 0.0283. The fourth-order valence-corrected chi connectivity index (χ4v) is 4.05. The van der Waals surface area contributed by atoms with Crippen LogP contribution in [-0.4, -0.2) is 47.5 Å². The molecule has 11 heteroatoms. The molecule has 0 saturated heterocycles. The highest BCUT2D eigenvalue weighted by molar-refractivity contribution is 6.33. The first-order chi connectivity index (χ1) is 15.3. The Morgan fingerprint density at radius 2 is 2.00 bits per heavy atom. The van der Waals surface area contributed by atoms with Crippen LogP contribution in [0.3, 0.4) is 0 Å². The number of primary amides is 1. The van der Waals surface area contributed by atoms with Crippen LogP contribution in [0.5, 0.6) is 0 Å². The van der Waals surface area contributed by atoms with Gasteiger partial charge in [-0.1, -0.05) is 11.6 Å². The monoisotopic (exact) mass is 465 g/mol. The van der Waals surface area contributed by atoms with Crippen molar-refractivity contribution in [1.29, 1.82) is 0 Å². The quantitative estimate of drug-likeness (QED) is 0.516. The number of rotatable bonds is 8. The Kier molecular flexibility index (Phi) is 7.81. The summed E-state index contributed by atoms with van der Waals surface area (Å²) < 4.78 is 19.7. The molecule has 0 aliphatic heterocycles. The first-order valence-electron chi connectivity index (χ1n) is 10.2. The molecule has 3 rings (SSSR count). The Labute approximate surface area is 189 Å². The first-order valence-corrected chi connectivity index (χ1v) is 10.6. The summed E-state index contributed by atoms with van der Waals surface area (Å²) in [6.45, 7) is 0.603. The van der Waals surface area contributed by atoms with Crippen LogP contribution in [0.1, 0.15) is 52.7 Å². The standard InChI is InChI=1S/C21H25ClFN5O4/c1-32-9-8-25-21(31)17-18(19(24)29)28(11-26-17)14-5-2-12(3-6-14)20(30)27-16-7-4-13(23)10-15(16)22/h4,7,10-12,14H,2-3,5-6,8-9H2,1H3,(H2,24,29)(H,25,31)(H,27,30)/t12-,14-. The Morgan fingerprint density at radius 3 is 2.62 bits per heavy atom. The van der Waals surface area contributed by atoms with Crippen molar-refractivity contribution in [2.24, 2.45) is 11.7 Å². The van der Waals surface area contributed by atoms with Gasteiger partial charge in [0.15, 0.2) is 5.69 Å². The van der Waals surface area contributed by atoms with E-state index in [4.69, 9.17) is 22.1 Å². The van der Waals surface area contributed by atoms with E-state index in [1.165, 1.54) is 25.6 Å². The molecule has 4 N–H and O–H groups in total. The summed E-state index contributed by atoms with van der Waals surface area (Å²) in [5, 5.41) is 5.50. The number of hydrogen-bond donors (Lipinski definition) is 3. The molecular formula is C21H25ClFN5O4. The second-order valence-corrected chi connectivity index (χ2v) is 7.99. The lowest BCUT2D eigenvalue weighted by Crippen LogP contribution is -2.32. The van der Waals surface area contributed by atoms with E-state index in [9.17, 15) is 18.8 Å². The number of halogens is 2. The zero-order chi connectivity index (χ0) is 23.3. The number of carbonyl (C=O) groups is 3. The molecule has 1 saturated carbocycles. The van der Waals surface area contributed by atoms with E-state index in [1.807, 2.05) is 0 Å². The number of anilines is 1.